The maximum atomic E-state index is 11.5. The van der Waals surface area contributed by atoms with E-state index in [1.807, 2.05) is 0 Å². The van der Waals surface area contributed by atoms with Crippen molar-refractivity contribution in [3.05, 3.63) is 34.9 Å². The fourth-order valence-corrected chi connectivity index (χ4v) is 1.74. The molecule has 1 aromatic carbocycles. The summed E-state index contributed by atoms with van der Waals surface area (Å²) < 4.78 is 21.7. The molecule has 3 nitrogen and oxygen atoms in total. The lowest BCUT2D eigenvalue weighted by atomic mass is 10.1. The Kier molecular flexibility index (Phi) is 3.88. The Morgan fingerprint density at radius 1 is 1.27 bits per heavy atom. The van der Waals surface area contributed by atoms with Crippen molar-refractivity contribution in [1.29, 1.82) is 0 Å². The van der Waals surface area contributed by atoms with E-state index in [2.05, 4.69) is 0 Å². The molecule has 0 radical (unpaired) electrons. The lowest BCUT2D eigenvalue weighted by Gasteiger charge is -2.00. The monoisotopic (exact) mass is 246 g/mol. The highest BCUT2D eigenvalue weighted by molar-refractivity contribution is 7.90. The lowest BCUT2D eigenvalue weighted by molar-refractivity contribution is 0.0989. The average molecular weight is 247 g/mol. The quantitative estimate of drug-likeness (QED) is 0.763. The second-order valence-corrected chi connectivity index (χ2v) is 6.01. The van der Waals surface area contributed by atoms with Crippen molar-refractivity contribution < 1.29 is 13.2 Å². The molecule has 0 aliphatic heterocycles. The number of carbonyl (C=O) groups is 1. The topological polar surface area (TPSA) is 51.2 Å². The largest absolute Gasteiger partial charge is 0.294 e. The van der Waals surface area contributed by atoms with Crippen LogP contribution in [0.3, 0.4) is 0 Å². The molecule has 0 spiro atoms. The van der Waals surface area contributed by atoms with Crippen LogP contribution in [0.1, 0.15) is 16.8 Å². The Labute approximate surface area is 94.0 Å². The van der Waals surface area contributed by atoms with Gasteiger partial charge in [0.25, 0.3) is 0 Å². The van der Waals surface area contributed by atoms with Crippen molar-refractivity contribution in [3.63, 3.8) is 0 Å². The normalized spacial score (nSPS) is 11.3. The Balaban J connectivity index is 2.66. The summed E-state index contributed by atoms with van der Waals surface area (Å²) in [5.74, 6) is -0.300. The standard InChI is InChI=1S/C10H11ClO3S/c1-15(13,14)7-6-10(12)8-2-4-9(11)5-3-8/h2-5H,6-7H2,1H3. The molecule has 0 saturated carbocycles. The van der Waals surface area contributed by atoms with Gasteiger partial charge in [0.1, 0.15) is 9.84 Å². The van der Waals surface area contributed by atoms with Gasteiger partial charge in [-0.2, -0.15) is 0 Å². The van der Waals surface area contributed by atoms with Crippen LogP contribution in [-0.2, 0) is 9.84 Å². The summed E-state index contributed by atoms with van der Waals surface area (Å²) in [4.78, 5) is 11.5. The third kappa shape index (κ3) is 4.44. The van der Waals surface area contributed by atoms with Crippen molar-refractivity contribution in [2.75, 3.05) is 12.0 Å². The second-order valence-electron chi connectivity index (χ2n) is 3.31. The molecule has 0 bridgehead atoms. The molecule has 0 atom stereocenters. The molecule has 0 aromatic heterocycles. The third-order valence-corrected chi connectivity index (χ3v) is 3.06. The van der Waals surface area contributed by atoms with Crippen LogP contribution in [0.4, 0.5) is 0 Å². The number of Topliss-reactive ketones (excluding diaryl/α,β-unsaturated/α-hetero) is 1. The van der Waals surface area contributed by atoms with Crippen LogP contribution in [0.25, 0.3) is 0 Å². The minimum atomic E-state index is -3.08. The number of carbonyl (C=O) groups excluding carboxylic acids is 1. The Morgan fingerprint density at radius 2 is 1.80 bits per heavy atom. The highest BCUT2D eigenvalue weighted by Gasteiger charge is 2.09. The minimum absolute atomic E-state index is 0.0144. The van der Waals surface area contributed by atoms with E-state index >= 15 is 0 Å². The van der Waals surface area contributed by atoms with Gasteiger partial charge < -0.3 is 0 Å². The molecule has 0 fully saturated rings. The van der Waals surface area contributed by atoms with E-state index in [1.54, 1.807) is 24.3 Å². The van der Waals surface area contributed by atoms with Crippen LogP contribution in [0.2, 0.25) is 5.02 Å². The van der Waals surface area contributed by atoms with Crippen LogP contribution in [0, 0.1) is 0 Å². The molecule has 0 unspecified atom stereocenters. The molecule has 0 saturated heterocycles. The predicted molar refractivity (Wildman–Crippen MR) is 60.1 cm³/mol. The molecule has 0 amide bonds. The summed E-state index contributed by atoms with van der Waals surface area (Å²) in [6.45, 7) is 0. The third-order valence-electron chi connectivity index (χ3n) is 1.87. The minimum Gasteiger partial charge on any atom is -0.294 e. The van der Waals surface area contributed by atoms with Gasteiger partial charge in [0.15, 0.2) is 5.78 Å². The smallest absolute Gasteiger partial charge is 0.163 e. The van der Waals surface area contributed by atoms with Gasteiger partial charge >= 0.3 is 0 Å². The summed E-state index contributed by atoms with van der Waals surface area (Å²) >= 11 is 5.66. The molecule has 0 N–H and O–H groups in total. The van der Waals surface area contributed by atoms with E-state index < -0.39 is 9.84 Å². The average Bonchev–Trinajstić information content (AvgIpc) is 2.14. The molecule has 82 valence electrons. The van der Waals surface area contributed by atoms with E-state index in [0.29, 0.717) is 10.6 Å². The van der Waals surface area contributed by atoms with Gasteiger partial charge in [-0.15, -0.1) is 0 Å². The van der Waals surface area contributed by atoms with Gasteiger partial charge in [0, 0.05) is 23.3 Å². The Morgan fingerprint density at radius 3 is 2.27 bits per heavy atom. The second kappa shape index (κ2) is 4.77. The van der Waals surface area contributed by atoms with Crippen molar-refractivity contribution in [2.24, 2.45) is 0 Å². The molecule has 1 aromatic rings. The number of rotatable bonds is 4. The van der Waals surface area contributed by atoms with Crippen LogP contribution in [-0.4, -0.2) is 26.2 Å². The van der Waals surface area contributed by atoms with Crippen molar-refractivity contribution in [3.8, 4) is 0 Å². The highest BCUT2D eigenvalue weighted by atomic mass is 35.5. The van der Waals surface area contributed by atoms with Gasteiger partial charge in [-0.1, -0.05) is 11.6 Å². The zero-order valence-corrected chi connectivity index (χ0v) is 9.81. The number of benzene rings is 1. The number of hydrogen-bond donors (Lipinski definition) is 0. The molecular weight excluding hydrogens is 236 g/mol. The summed E-state index contributed by atoms with van der Waals surface area (Å²) in [5.41, 5.74) is 0.489. The Hall–Kier alpha value is -0.870. The first kappa shape index (κ1) is 12.2. The zero-order valence-electron chi connectivity index (χ0n) is 8.23. The summed E-state index contributed by atoms with van der Waals surface area (Å²) in [6.07, 6.45) is 1.13. The molecule has 0 heterocycles. The number of hydrogen-bond acceptors (Lipinski definition) is 3. The molecule has 5 heteroatoms. The highest BCUT2D eigenvalue weighted by Crippen LogP contribution is 2.11. The van der Waals surface area contributed by atoms with Gasteiger partial charge in [0.2, 0.25) is 0 Å². The first-order valence-corrected chi connectivity index (χ1v) is 6.79. The van der Waals surface area contributed by atoms with E-state index in [9.17, 15) is 13.2 Å². The molecule has 15 heavy (non-hydrogen) atoms. The predicted octanol–water partition coefficient (Wildman–Crippen LogP) is 1.96. The van der Waals surface area contributed by atoms with Gasteiger partial charge in [-0.05, 0) is 24.3 Å². The maximum absolute atomic E-state index is 11.5. The first-order chi connectivity index (χ1) is 6.88. The fraction of sp³-hybridized carbons (Fsp3) is 0.300. The number of ketones is 1. The van der Waals surface area contributed by atoms with Crippen LogP contribution >= 0.6 is 11.6 Å². The van der Waals surface area contributed by atoms with E-state index in [1.165, 1.54) is 0 Å². The summed E-state index contributed by atoms with van der Waals surface area (Å²) in [7, 11) is -3.08. The van der Waals surface area contributed by atoms with E-state index in [-0.39, 0.29) is 18.0 Å². The first-order valence-electron chi connectivity index (χ1n) is 4.35. The maximum Gasteiger partial charge on any atom is 0.163 e. The summed E-state index contributed by atoms with van der Waals surface area (Å²) in [6, 6.07) is 6.39. The van der Waals surface area contributed by atoms with E-state index in [4.69, 9.17) is 11.6 Å². The number of sulfone groups is 1. The van der Waals surface area contributed by atoms with Crippen LogP contribution in [0.5, 0.6) is 0 Å². The van der Waals surface area contributed by atoms with Crippen molar-refractivity contribution in [1.82, 2.24) is 0 Å². The van der Waals surface area contributed by atoms with Gasteiger partial charge in [0.05, 0.1) is 5.75 Å². The van der Waals surface area contributed by atoms with Crippen LogP contribution < -0.4 is 0 Å². The molecule has 1 rings (SSSR count). The lowest BCUT2D eigenvalue weighted by Crippen LogP contribution is -2.09. The fourth-order valence-electron chi connectivity index (χ4n) is 1.06. The van der Waals surface area contributed by atoms with Crippen LogP contribution in [0.15, 0.2) is 24.3 Å². The van der Waals surface area contributed by atoms with Crippen molar-refractivity contribution in [2.45, 2.75) is 6.42 Å². The SMILES string of the molecule is CS(=O)(=O)CCC(=O)c1ccc(Cl)cc1. The molecule has 0 aliphatic rings. The number of halogens is 1. The molecular formula is C10H11ClO3S. The molecule has 0 aliphatic carbocycles. The van der Waals surface area contributed by atoms with Gasteiger partial charge in [-0.25, -0.2) is 8.42 Å². The van der Waals surface area contributed by atoms with Crippen molar-refractivity contribution >= 4 is 27.2 Å². The van der Waals surface area contributed by atoms with Gasteiger partial charge in [-0.3, -0.25) is 4.79 Å². The van der Waals surface area contributed by atoms with E-state index in [0.717, 1.165) is 6.26 Å². The Bertz CT molecular complexity index is 448. The zero-order chi connectivity index (χ0) is 11.5. The summed E-state index contributed by atoms with van der Waals surface area (Å²) in [5, 5.41) is 0.551.